The third kappa shape index (κ3) is 2.49. The molecule has 0 aliphatic heterocycles. The summed E-state index contributed by atoms with van der Waals surface area (Å²) in [6.45, 7) is 8.35. The average molecular weight is 209 g/mol. The van der Waals surface area contributed by atoms with Crippen LogP contribution in [0.1, 0.15) is 37.5 Å². The van der Waals surface area contributed by atoms with Gasteiger partial charge < -0.3 is 5.11 Å². The van der Waals surface area contributed by atoms with Gasteiger partial charge >= 0.3 is 0 Å². The first-order valence-corrected chi connectivity index (χ1v) is 5.01. The molecular weight excluding hydrogens is 190 g/mol. The lowest BCUT2D eigenvalue weighted by molar-refractivity contribution is 0.121. The first-order valence-electron chi connectivity index (χ1n) is 5.01. The Kier molecular flexibility index (Phi) is 3.37. The fourth-order valence-corrected chi connectivity index (χ4v) is 1.61. The lowest BCUT2D eigenvalue weighted by Gasteiger charge is -2.22. The monoisotopic (exact) mass is 209 g/mol. The number of phenols is 1. The summed E-state index contributed by atoms with van der Waals surface area (Å²) in [5.74, 6) is 5.35. The predicted molar refractivity (Wildman–Crippen MR) is 60.5 cm³/mol. The number of hydrogen-bond donors (Lipinski definition) is 2. The summed E-state index contributed by atoms with van der Waals surface area (Å²) in [4.78, 5) is 4.60. The third-order valence-electron chi connectivity index (χ3n) is 2.55. The van der Waals surface area contributed by atoms with Crippen LogP contribution in [-0.2, 0) is 16.9 Å². The summed E-state index contributed by atoms with van der Waals surface area (Å²) >= 11 is 0. The van der Waals surface area contributed by atoms with Crippen molar-refractivity contribution in [2.24, 2.45) is 5.90 Å². The van der Waals surface area contributed by atoms with E-state index in [1.165, 1.54) is 0 Å². The number of aryl methyl sites for hydroxylation is 1. The van der Waals surface area contributed by atoms with Crippen LogP contribution in [0.4, 0.5) is 0 Å². The molecule has 0 amide bonds. The highest BCUT2D eigenvalue weighted by molar-refractivity contribution is 5.47. The van der Waals surface area contributed by atoms with Gasteiger partial charge in [-0.15, -0.1) is 0 Å². The Balaban J connectivity index is 3.28. The number of phenolic OH excluding ortho intramolecular Hbond substituents is 1. The molecular formula is C12H19NO2. The summed E-state index contributed by atoms with van der Waals surface area (Å²) in [5, 5.41) is 10.1. The van der Waals surface area contributed by atoms with Gasteiger partial charge in [0, 0.05) is 5.56 Å². The van der Waals surface area contributed by atoms with Gasteiger partial charge in [-0.2, -0.15) is 0 Å². The van der Waals surface area contributed by atoms with Crippen molar-refractivity contribution in [3.8, 4) is 5.75 Å². The van der Waals surface area contributed by atoms with Gasteiger partial charge in [-0.05, 0) is 23.5 Å². The third-order valence-corrected chi connectivity index (χ3v) is 2.55. The number of benzene rings is 1. The zero-order valence-electron chi connectivity index (χ0n) is 9.79. The molecule has 0 aliphatic rings. The molecule has 0 aliphatic carbocycles. The van der Waals surface area contributed by atoms with E-state index in [4.69, 9.17) is 5.90 Å². The van der Waals surface area contributed by atoms with E-state index in [9.17, 15) is 5.11 Å². The Hall–Kier alpha value is -1.06. The maximum Gasteiger partial charge on any atom is 0.125 e. The van der Waals surface area contributed by atoms with Gasteiger partial charge in [-0.25, -0.2) is 5.90 Å². The van der Waals surface area contributed by atoms with E-state index >= 15 is 0 Å². The molecule has 1 aromatic carbocycles. The first kappa shape index (κ1) is 12.0. The van der Waals surface area contributed by atoms with Crippen LogP contribution < -0.4 is 5.90 Å². The van der Waals surface area contributed by atoms with Crippen molar-refractivity contribution in [3.63, 3.8) is 0 Å². The van der Waals surface area contributed by atoms with E-state index in [0.29, 0.717) is 5.75 Å². The van der Waals surface area contributed by atoms with Gasteiger partial charge in [0.05, 0.1) is 6.61 Å². The second-order valence-corrected chi connectivity index (χ2v) is 4.82. The molecule has 1 aromatic rings. The van der Waals surface area contributed by atoms with Crippen molar-refractivity contribution in [3.05, 3.63) is 28.8 Å². The van der Waals surface area contributed by atoms with Crippen molar-refractivity contribution < 1.29 is 9.94 Å². The van der Waals surface area contributed by atoms with E-state index in [1.807, 2.05) is 19.1 Å². The first-order chi connectivity index (χ1) is 6.88. The summed E-state index contributed by atoms with van der Waals surface area (Å²) in [7, 11) is 0. The highest BCUT2D eigenvalue weighted by Crippen LogP contribution is 2.34. The number of aromatic hydroxyl groups is 1. The normalized spacial score (nSPS) is 11.8. The summed E-state index contributed by atoms with van der Waals surface area (Å²) < 4.78 is 0. The quantitative estimate of drug-likeness (QED) is 0.735. The smallest absolute Gasteiger partial charge is 0.125 e. The van der Waals surface area contributed by atoms with Gasteiger partial charge in [0.25, 0.3) is 0 Å². The van der Waals surface area contributed by atoms with Crippen molar-refractivity contribution in [2.45, 2.75) is 39.7 Å². The van der Waals surface area contributed by atoms with Crippen LogP contribution in [0, 0.1) is 6.92 Å². The Labute approximate surface area is 90.8 Å². The molecule has 0 fully saturated rings. The Bertz CT molecular complexity index is 353. The molecule has 0 aromatic heterocycles. The minimum Gasteiger partial charge on any atom is -0.507 e. The van der Waals surface area contributed by atoms with Gasteiger partial charge in [-0.1, -0.05) is 32.9 Å². The number of nitrogens with two attached hydrogens (primary N) is 1. The molecule has 0 saturated heterocycles. The summed E-state index contributed by atoms with van der Waals surface area (Å²) in [6.07, 6.45) is 0. The van der Waals surface area contributed by atoms with E-state index in [0.717, 1.165) is 16.7 Å². The minimum absolute atomic E-state index is 0.0822. The van der Waals surface area contributed by atoms with Crippen molar-refractivity contribution in [1.82, 2.24) is 0 Å². The van der Waals surface area contributed by atoms with Gasteiger partial charge in [0.1, 0.15) is 5.75 Å². The Morgan fingerprint density at radius 2 is 1.93 bits per heavy atom. The molecule has 0 radical (unpaired) electrons. The Morgan fingerprint density at radius 1 is 1.33 bits per heavy atom. The van der Waals surface area contributed by atoms with Gasteiger partial charge in [-0.3, -0.25) is 4.84 Å². The molecule has 3 nitrogen and oxygen atoms in total. The molecule has 1 rings (SSSR count). The fraction of sp³-hybridized carbons (Fsp3) is 0.500. The van der Waals surface area contributed by atoms with Crippen molar-refractivity contribution >= 4 is 0 Å². The number of rotatable bonds is 2. The largest absolute Gasteiger partial charge is 0.507 e. The lowest BCUT2D eigenvalue weighted by atomic mass is 9.84. The zero-order valence-corrected chi connectivity index (χ0v) is 9.79. The van der Waals surface area contributed by atoms with E-state index in [2.05, 4.69) is 25.6 Å². The predicted octanol–water partition coefficient (Wildman–Crippen LogP) is 2.39. The molecule has 0 bridgehead atoms. The maximum atomic E-state index is 10.1. The van der Waals surface area contributed by atoms with Crippen LogP contribution in [0.15, 0.2) is 12.1 Å². The zero-order chi connectivity index (χ0) is 11.6. The highest BCUT2D eigenvalue weighted by Gasteiger charge is 2.20. The van der Waals surface area contributed by atoms with Crippen LogP contribution in [0.2, 0.25) is 0 Å². The SMILES string of the molecule is Cc1ccc(C(C)(C)C)c(O)c1CON. The van der Waals surface area contributed by atoms with Crippen LogP contribution in [-0.4, -0.2) is 5.11 Å². The molecule has 0 spiro atoms. The standard InChI is InChI=1S/C12H19NO2/c1-8-5-6-10(12(2,3)4)11(14)9(8)7-15-13/h5-6,14H,7,13H2,1-4H3. The lowest BCUT2D eigenvalue weighted by Crippen LogP contribution is -2.13. The Morgan fingerprint density at radius 3 is 2.40 bits per heavy atom. The van der Waals surface area contributed by atoms with Crippen LogP contribution >= 0.6 is 0 Å². The van der Waals surface area contributed by atoms with Crippen molar-refractivity contribution in [2.75, 3.05) is 0 Å². The highest BCUT2D eigenvalue weighted by atomic mass is 16.6. The van der Waals surface area contributed by atoms with Gasteiger partial charge in [0.15, 0.2) is 0 Å². The van der Waals surface area contributed by atoms with Gasteiger partial charge in [0.2, 0.25) is 0 Å². The maximum absolute atomic E-state index is 10.1. The van der Waals surface area contributed by atoms with E-state index < -0.39 is 0 Å². The molecule has 0 heterocycles. The minimum atomic E-state index is -0.0822. The second-order valence-electron chi connectivity index (χ2n) is 4.82. The van der Waals surface area contributed by atoms with E-state index in [-0.39, 0.29) is 12.0 Å². The molecule has 3 N–H and O–H groups in total. The summed E-state index contributed by atoms with van der Waals surface area (Å²) in [6, 6.07) is 3.93. The topological polar surface area (TPSA) is 55.5 Å². The second kappa shape index (κ2) is 4.21. The molecule has 84 valence electrons. The molecule has 15 heavy (non-hydrogen) atoms. The summed E-state index contributed by atoms with van der Waals surface area (Å²) in [5.41, 5.74) is 2.59. The van der Waals surface area contributed by atoms with Crippen molar-refractivity contribution in [1.29, 1.82) is 0 Å². The molecule has 3 heteroatoms. The average Bonchev–Trinajstić information content (AvgIpc) is 2.09. The number of hydrogen-bond acceptors (Lipinski definition) is 3. The van der Waals surface area contributed by atoms with E-state index in [1.54, 1.807) is 0 Å². The molecule has 0 atom stereocenters. The van der Waals surface area contributed by atoms with Crippen LogP contribution in [0.3, 0.4) is 0 Å². The van der Waals surface area contributed by atoms with Crippen LogP contribution in [0.5, 0.6) is 5.75 Å². The fourth-order valence-electron chi connectivity index (χ4n) is 1.61. The molecule has 0 unspecified atom stereocenters. The van der Waals surface area contributed by atoms with Crippen LogP contribution in [0.25, 0.3) is 0 Å². The molecule has 0 saturated carbocycles.